The van der Waals surface area contributed by atoms with Crippen LogP contribution in [0.15, 0.2) is 17.1 Å². The number of rotatable bonds is 8. The Balaban J connectivity index is 2.43. The van der Waals surface area contributed by atoms with Crippen molar-refractivity contribution in [3.63, 3.8) is 0 Å². The number of aliphatic imine (C=N–C) groups is 1. The normalized spacial score (nSPS) is 17.2. The van der Waals surface area contributed by atoms with Crippen LogP contribution in [0.4, 0.5) is 0 Å². The third-order valence-corrected chi connectivity index (χ3v) is 4.30. The van der Waals surface area contributed by atoms with Crippen molar-refractivity contribution in [2.45, 2.75) is 45.6 Å². The van der Waals surface area contributed by atoms with Crippen LogP contribution in [0.1, 0.15) is 39.5 Å². The largest absolute Gasteiger partial charge is 0.356 e. The second-order valence-electron chi connectivity index (χ2n) is 6.92. The number of piperidine rings is 1. The number of likely N-dealkylation sites (N-methyl/N-ethyl adjacent to an activating group) is 1. The number of hydrogen-bond acceptors (Lipinski definition) is 3. The lowest BCUT2D eigenvalue weighted by Crippen LogP contribution is -2.43. The van der Waals surface area contributed by atoms with E-state index in [0.717, 1.165) is 18.5 Å². The van der Waals surface area contributed by atoms with E-state index in [1.807, 2.05) is 6.92 Å². The average Bonchev–Trinajstić information content (AvgIpc) is 2.56. The van der Waals surface area contributed by atoms with Crippen molar-refractivity contribution in [3.05, 3.63) is 12.2 Å². The molecular formula is C18H35N5O. The van der Waals surface area contributed by atoms with E-state index in [-0.39, 0.29) is 12.5 Å². The van der Waals surface area contributed by atoms with Crippen LogP contribution in [-0.4, -0.2) is 74.5 Å². The van der Waals surface area contributed by atoms with Gasteiger partial charge in [0.2, 0.25) is 5.91 Å². The smallest absolute Gasteiger partial charge is 0.243 e. The fraction of sp³-hybridized carbons (Fsp3) is 0.778. The molecule has 1 aliphatic rings. The molecule has 1 saturated heterocycles. The van der Waals surface area contributed by atoms with Crippen LogP contribution in [-0.2, 0) is 4.79 Å². The van der Waals surface area contributed by atoms with Crippen molar-refractivity contribution in [2.24, 2.45) is 4.99 Å². The SMILES string of the molecule is C=C(C)CNC(=NCC(=O)N(C)C)NCCC(C)N1CCCCC1. The summed E-state index contributed by atoms with van der Waals surface area (Å²) in [7, 11) is 3.49. The predicted molar refractivity (Wildman–Crippen MR) is 101 cm³/mol. The molecule has 1 rings (SSSR count). The van der Waals surface area contributed by atoms with Crippen molar-refractivity contribution < 1.29 is 4.79 Å². The topological polar surface area (TPSA) is 60.0 Å². The first-order valence-electron chi connectivity index (χ1n) is 9.01. The van der Waals surface area contributed by atoms with Gasteiger partial charge in [0.1, 0.15) is 6.54 Å². The van der Waals surface area contributed by atoms with E-state index in [9.17, 15) is 4.79 Å². The van der Waals surface area contributed by atoms with Gasteiger partial charge < -0.3 is 20.4 Å². The maximum absolute atomic E-state index is 11.7. The van der Waals surface area contributed by atoms with E-state index in [2.05, 4.69) is 34.0 Å². The molecule has 1 aliphatic heterocycles. The van der Waals surface area contributed by atoms with E-state index in [4.69, 9.17) is 0 Å². The quantitative estimate of drug-likeness (QED) is 0.400. The van der Waals surface area contributed by atoms with E-state index < -0.39 is 0 Å². The number of amides is 1. The zero-order valence-corrected chi connectivity index (χ0v) is 15.9. The zero-order chi connectivity index (χ0) is 17.9. The summed E-state index contributed by atoms with van der Waals surface area (Å²) in [5.74, 6) is 0.673. The number of nitrogens with zero attached hydrogens (tertiary/aromatic N) is 3. The molecule has 0 aromatic carbocycles. The highest BCUT2D eigenvalue weighted by molar-refractivity contribution is 5.84. The standard InChI is InChI=1S/C18H35N5O/c1-15(2)13-20-18(21-14-17(24)22(4)5)19-10-9-16(3)23-11-7-6-8-12-23/h16H,1,6-14H2,2-5H3,(H2,19,20,21). The third-order valence-electron chi connectivity index (χ3n) is 4.30. The lowest BCUT2D eigenvalue weighted by atomic mass is 10.1. The van der Waals surface area contributed by atoms with E-state index in [1.54, 1.807) is 19.0 Å². The summed E-state index contributed by atoms with van der Waals surface area (Å²) in [4.78, 5) is 20.2. The highest BCUT2D eigenvalue weighted by Crippen LogP contribution is 2.13. The molecule has 6 nitrogen and oxygen atoms in total. The maximum Gasteiger partial charge on any atom is 0.243 e. The molecule has 0 aliphatic carbocycles. The molecule has 6 heteroatoms. The number of hydrogen-bond donors (Lipinski definition) is 2. The lowest BCUT2D eigenvalue weighted by Gasteiger charge is -2.32. The van der Waals surface area contributed by atoms with Crippen molar-refractivity contribution in [1.29, 1.82) is 0 Å². The van der Waals surface area contributed by atoms with Crippen LogP contribution in [0.25, 0.3) is 0 Å². The zero-order valence-electron chi connectivity index (χ0n) is 15.9. The molecule has 138 valence electrons. The number of carbonyl (C=O) groups is 1. The Bertz CT molecular complexity index is 427. The minimum atomic E-state index is -0.00638. The molecule has 2 N–H and O–H groups in total. The van der Waals surface area contributed by atoms with Gasteiger partial charge >= 0.3 is 0 Å². The summed E-state index contributed by atoms with van der Waals surface area (Å²) in [5, 5.41) is 6.56. The van der Waals surface area contributed by atoms with E-state index >= 15 is 0 Å². The highest BCUT2D eigenvalue weighted by atomic mass is 16.2. The number of likely N-dealkylation sites (tertiary alicyclic amines) is 1. The summed E-state index contributed by atoms with van der Waals surface area (Å²) in [6.45, 7) is 12.2. The maximum atomic E-state index is 11.7. The molecule has 1 amide bonds. The molecule has 1 unspecified atom stereocenters. The molecule has 24 heavy (non-hydrogen) atoms. The summed E-state index contributed by atoms with van der Waals surface area (Å²) in [6.07, 6.45) is 5.06. The number of carbonyl (C=O) groups excluding carboxylic acids is 1. The molecule has 0 radical (unpaired) electrons. The van der Waals surface area contributed by atoms with Crippen LogP contribution in [0.3, 0.4) is 0 Å². The van der Waals surface area contributed by atoms with Gasteiger partial charge in [0, 0.05) is 33.2 Å². The Labute approximate surface area is 147 Å². The van der Waals surface area contributed by atoms with Crippen molar-refractivity contribution in [3.8, 4) is 0 Å². The molecular weight excluding hydrogens is 302 g/mol. The fourth-order valence-electron chi connectivity index (χ4n) is 2.64. The minimum Gasteiger partial charge on any atom is -0.356 e. The Morgan fingerprint density at radius 3 is 2.50 bits per heavy atom. The molecule has 0 aromatic rings. The van der Waals surface area contributed by atoms with Gasteiger partial charge in [0.25, 0.3) is 0 Å². The molecule has 0 spiro atoms. The molecule has 1 atom stereocenters. The molecule has 1 heterocycles. The highest BCUT2D eigenvalue weighted by Gasteiger charge is 2.16. The van der Waals surface area contributed by atoms with E-state index in [1.165, 1.54) is 32.4 Å². The predicted octanol–water partition coefficient (Wildman–Crippen LogP) is 1.45. The second kappa shape index (κ2) is 11.1. The Morgan fingerprint density at radius 2 is 1.92 bits per heavy atom. The summed E-state index contributed by atoms with van der Waals surface area (Å²) < 4.78 is 0. The van der Waals surface area contributed by atoms with Crippen LogP contribution in [0.2, 0.25) is 0 Å². The van der Waals surface area contributed by atoms with Crippen molar-refractivity contribution >= 4 is 11.9 Å². The molecule has 0 saturated carbocycles. The molecule has 0 aromatic heterocycles. The van der Waals surface area contributed by atoms with Gasteiger partial charge in [-0.25, -0.2) is 4.99 Å². The second-order valence-corrected chi connectivity index (χ2v) is 6.92. The van der Waals surface area contributed by atoms with Gasteiger partial charge in [-0.1, -0.05) is 18.6 Å². The molecule has 0 bridgehead atoms. The number of guanidine groups is 1. The first-order valence-corrected chi connectivity index (χ1v) is 9.01. The minimum absolute atomic E-state index is 0.00638. The number of nitrogens with one attached hydrogen (secondary N) is 2. The van der Waals surface area contributed by atoms with Gasteiger partial charge in [-0.2, -0.15) is 0 Å². The van der Waals surface area contributed by atoms with Crippen LogP contribution < -0.4 is 10.6 Å². The average molecular weight is 338 g/mol. The van der Waals surface area contributed by atoms with Crippen LogP contribution in [0, 0.1) is 0 Å². The fourth-order valence-corrected chi connectivity index (χ4v) is 2.64. The van der Waals surface area contributed by atoms with Gasteiger partial charge in [0.15, 0.2) is 5.96 Å². The summed E-state index contributed by atoms with van der Waals surface area (Å²) in [6, 6.07) is 0.573. The Hall–Kier alpha value is -1.56. The van der Waals surface area contributed by atoms with E-state index in [0.29, 0.717) is 18.5 Å². The van der Waals surface area contributed by atoms with Gasteiger partial charge in [0.05, 0.1) is 0 Å². The van der Waals surface area contributed by atoms with Gasteiger partial charge in [-0.05, 0) is 46.2 Å². The lowest BCUT2D eigenvalue weighted by molar-refractivity contribution is -0.127. The van der Waals surface area contributed by atoms with Crippen molar-refractivity contribution in [2.75, 3.05) is 46.8 Å². The third kappa shape index (κ3) is 8.34. The van der Waals surface area contributed by atoms with Crippen molar-refractivity contribution in [1.82, 2.24) is 20.4 Å². The first kappa shape index (κ1) is 20.5. The first-order chi connectivity index (χ1) is 11.4. The Kier molecular flexibility index (Phi) is 9.45. The summed E-state index contributed by atoms with van der Waals surface area (Å²) >= 11 is 0. The van der Waals surface area contributed by atoms with Crippen LogP contribution in [0.5, 0.6) is 0 Å². The molecule has 1 fully saturated rings. The Morgan fingerprint density at radius 1 is 1.25 bits per heavy atom. The monoisotopic (exact) mass is 337 g/mol. The van der Waals surface area contributed by atoms with Gasteiger partial charge in [-0.3, -0.25) is 4.79 Å². The van der Waals surface area contributed by atoms with Gasteiger partial charge in [-0.15, -0.1) is 0 Å². The van der Waals surface area contributed by atoms with Crippen LogP contribution >= 0.6 is 0 Å². The summed E-state index contributed by atoms with van der Waals surface area (Å²) in [5.41, 5.74) is 1.03.